The van der Waals surface area contributed by atoms with Crippen LogP contribution in [0.3, 0.4) is 0 Å². The Labute approximate surface area is 152 Å². The van der Waals surface area contributed by atoms with Crippen molar-refractivity contribution in [3.63, 3.8) is 0 Å². The number of amides is 1. The predicted octanol–water partition coefficient (Wildman–Crippen LogP) is 3.14. The summed E-state index contributed by atoms with van der Waals surface area (Å²) in [5, 5.41) is 4.26. The van der Waals surface area contributed by atoms with Gasteiger partial charge in [-0.15, -0.1) is 12.4 Å². The first-order chi connectivity index (χ1) is 10.6. The van der Waals surface area contributed by atoms with Crippen LogP contribution >= 0.6 is 35.6 Å². The number of likely N-dealkylation sites (tertiary alicyclic amines) is 1. The minimum absolute atomic E-state index is 0. The lowest BCUT2D eigenvalue weighted by atomic mass is 9.99. The van der Waals surface area contributed by atoms with Gasteiger partial charge in [-0.3, -0.25) is 4.79 Å². The van der Waals surface area contributed by atoms with Gasteiger partial charge in [-0.05, 0) is 30.5 Å². The van der Waals surface area contributed by atoms with Crippen LogP contribution in [0.1, 0.15) is 18.4 Å². The molecule has 7 heteroatoms. The lowest BCUT2D eigenvalue weighted by molar-refractivity contribution is -0.139. The van der Waals surface area contributed by atoms with E-state index in [1.807, 2.05) is 17.0 Å². The van der Waals surface area contributed by atoms with E-state index in [2.05, 4.69) is 5.32 Å². The molecule has 0 atom stereocenters. The van der Waals surface area contributed by atoms with Gasteiger partial charge < -0.3 is 15.0 Å². The van der Waals surface area contributed by atoms with E-state index in [0.29, 0.717) is 22.6 Å². The number of halogens is 3. The molecule has 0 radical (unpaired) electrons. The monoisotopic (exact) mass is 378 g/mol. The maximum atomic E-state index is 12.2. The van der Waals surface area contributed by atoms with Crippen molar-refractivity contribution < 1.29 is 9.53 Å². The molecule has 2 fully saturated rings. The Bertz CT molecular complexity index is 544. The highest BCUT2D eigenvalue weighted by Crippen LogP contribution is 2.24. The summed E-state index contributed by atoms with van der Waals surface area (Å²) in [6, 6.07) is 5.55. The summed E-state index contributed by atoms with van der Waals surface area (Å²) in [7, 11) is 0. The molecule has 1 aromatic carbocycles. The number of carbonyl (C=O) groups excluding carboxylic acids is 1. The quantitative estimate of drug-likeness (QED) is 0.874. The van der Waals surface area contributed by atoms with Crippen LogP contribution in [0.15, 0.2) is 18.2 Å². The van der Waals surface area contributed by atoms with Crippen LogP contribution in [0.2, 0.25) is 10.0 Å². The number of nitrogens with one attached hydrogen (secondary N) is 1. The molecule has 0 aliphatic carbocycles. The minimum atomic E-state index is 0. The van der Waals surface area contributed by atoms with E-state index in [-0.39, 0.29) is 24.4 Å². The maximum Gasteiger partial charge on any atom is 0.228 e. The maximum absolute atomic E-state index is 12.2. The van der Waals surface area contributed by atoms with Crippen molar-refractivity contribution in [2.45, 2.75) is 25.6 Å². The summed E-state index contributed by atoms with van der Waals surface area (Å²) in [4.78, 5) is 14.1. The summed E-state index contributed by atoms with van der Waals surface area (Å²) in [6.45, 7) is 3.77. The van der Waals surface area contributed by atoms with Gasteiger partial charge in [-0.2, -0.15) is 0 Å². The third-order valence-electron chi connectivity index (χ3n) is 4.35. The molecular weight excluding hydrogens is 359 g/mol. The molecule has 23 heavy (non-hydrogen) atoms. The Morgan fingerprint density at radius 1 is 1.22 bits per heavy atom. The van der Waals surface area contributed by atoms with E-state index in [9.17, 15) is 4.79 Å². The Morgan fingerprint density at radius 2 is 1.91 bits per heavy atom. The first kappa shape index (κ1) is 18.8. The highest BCUT2D eigenvalue weighted by Gasteiger charge is 2.31. The normalized spacial score (nSPS) is 19.1. The van der Waals surface area contributed by atoms with Crippen LogP contribution in [-0.4, -0.2) is 43.1 Å². The fraction of sp³-hybridized carbons (Fsp3) is 0.562. The number of carbonyl (C=O) groups is 1. The van der Waals surface area contributed by atoms with Crippen molar-refractivity contribution in [3.8, 4) is 0 Å². The number of nitrogens with zero attached hydrogens (tertiary/aromatic N) is 1. The summed E-state index contributed by atoms with van der Waals surface area (Å²) >= 11 is 11.9. The summed E-state index contributed by atoms with van der Waals surface area (Å²) in [6.07, 6.45) is 2.00. The third-order valence-corrected chi connectivity index (χ3v) is 5.09. The predicted molar refractivity (Wildman–Crippen MR) is 94.5 cm³/mol. The number of hydrogen-bond donors (Lipinski definition) is 1. The fourth-order valence-corrected chi connectivity index (χ4v) is 3.13. The number of piperidine rings is 1. The van der Waals surface area contributed by atoms with Crippen LogP contribution in [0.25, 0.3) is 0 Å². The molecule has 0 unspecified atom stereocenters. The topological polar surface area (TPSA) is 41.6 Å². The zero-order valence-electron chi connectivity index (χ0n) is 12.8. The van der Waals surface area contributed by atoms with Crippen molar-refractivity contribution in [3.05, 3.63) is 33.8 Å². The highest BCUT2D eigenvalue weighted by atomic mass is 35.5. The molecule has 0 bridgehead atoms. The second-order valence-electron chi connectivity index (χ2n) is 5.94. The molecule has 2 aliphatic heterocycles. The van der Waals surface area contributed by atoms with Gasteiger partial charge >= 0.3 is 0 Å². The molecule has 2 aliphatic rings. The molecule has 0 saturated carbocycles. The van der Waals surface area contributed by atoms with Crippen molar-refractivity contribution in [2.24, 2.45) is 5.92 Å². The van der Waals surface area contributed by atoms with E-state index >= 15 is 0 Å². The lowest BCUT2D eigenvalue weighted by Gasteiger charge is -2.36. The molecule has 1 amide bonds. The minimum Gasteiger partial charge on any atom is -0.373 e. The Morgan fingerprint density at radius 3 is 2.48 bits per heavy atom. The lowest BCUT2D eigenvalue weighted by Crippen LogP contribution is -2.53. The molecule has 0 aromatic heterocycles. The SMILES string of the molecule is Cl.O=C(C1CNC1)N1CCC(OCc2ccc(Cl)c(Cl)c2)CC1. The smallest absolute Gasteiger partial charge is 0.228 e. The largest absolute Gasteiger partial charge is 0.373 e. The Kier molecular flexibility index (Phi) is 6.99. The van der Waals surface area contributed by atoms with Gasteiger partial charge in [-0.25, -0.2) is 0 Å². The van der Waals surface area contributed by atoms with Gasteiger partial charge in [0.15, 0.2) is 0 Å². The van der Waals surface area contributed by atoms with Gasteiger partial charge in [-0.1, -0.05) is 29.3 Å². The van der Waals surface area contributed by atoms with Crippen LogP contribution < -0.4 is 5.32 Å². The van der Waals surface area contributed by atoms with E-state index in [0.717, 1.165) is 44.6 Å². The van der Waals surface area contributed by atoms with Gasteiger partial charge in [0.05, 0.1) is 28.7 Å². The third kappa shape index (κ3) is 4.74. The van der Waals surface area contributed by atoms with Crippen molar-refractivity contribution >= 4 is 41.5 Å². The Balaban J connectivity index is 0.00000192. The number of benzene rings is 1. The van der Waals surface area contributed by atoms with Crippen LogP contribution in [0.4, 0.5) is 0 Å². The molecule has 1 aromatic rings. The average molecular weight is 380 g/mol. The van der Waals surface area contributed by atoms with Crippen LogP contribution in [-0.2, 0) is 16.1 Å². The molecular formula is C16H21Cl3N2O2. The average Bonchev–Trinajstić information content (AvgIpc) is 2.47. The second kappa shape index (κ2) is 8.54. The van der Waals surface area contributed by atoms with Crippen LogP contribution in [0.5, 0.6) is 0 Å². The van der Waals surface area contributed by atoms with Crippen molar-refractivity contribution in [1.82, 2.24) is 10.2 Å². The van der Waals surface area contributed by atoms with E-state index in [1.54, 1.807) is 6.07 Å². The van der Waals surface area contributed by atoms with E-state index < -0.39 is 0 Å². The van der Waals surface area contributed by atoms with Gasteiger partial charge in [0.1, 0.15) is 0 Å². The van der Waals surface area contributed by atoms with Crippen LogP contribution in [0, 0.1) is 5.92 Å². The zero-order valence-corrected chi connectivity index (χ0v) is 15.1. The van der Waals surface area contributed by atoms with Gasteiger partial charge in [0.2, 0.25) is 5.91 Å². The molecule has 128 valence electrons. The van der Waals surface area contributed by atoms with Crippen molar-refractivity contribution in [1.29, 1.82) is 0 Å². The van der Waals surface area contributed by atoms with Gasteiger partial charge in [0, 0.05) is 26.2 Å². The van der Waals surface area contributed by atoms with E-state index in [1.165, 1.54) is 0 Å². The molecule has 0 spiro atoms. The zero-order chi connectivity index (χ0) is 15.5. The molecule has 2 heterocycles. The van der Waals surface area contributed by atoms with E-state index in [4.69, 9.17) is 27.9 Å². The number of rotatable bonds is 4. The molecule has 4 nitrogen and oxygen atoms in total. The van der Waals surface area contributed by atoms with Crippen molar-refractivity contribution in [2.75, 3.05) is 26.2 Å². The van der Waals surface area contributed by atoms with Gasteiger partial charge in [0.25, 0.3) is 0 Å². The molecule has 1 N–H and O–H groups in total. The summed E-state index contributed by atoms with van der Waals surface area (Å²) in [5.74, 6) is 0.482. The Hall–Kier alpha value is -0.520. The summed E-state index contributed by atoms with van der Waals surface area (Å²) in [5.41, 5.74) is 1.02. The number of ether oxygens (including phenoxy) is 1. The highest BCUT2D eigenvalue weighted by molar-refractivity contribution is 6.42. The fourth-order valence-electron chi connectivity index (χ4n) is 2.81. The summed E-state index contributed by atoms with van der Waals surface area (Å²) < 4.78 is 5.94. The second-order valence-corrected chi connectivity index (χ2v) is 6.75. The first-order valence-electron chi connectivity index (χ1n) is 7.68. The molecule has 2 saturated heterocycles. The standard InChI is InChI=1S/C16H20Cl2N2O2.ClH/c17-14-2-1-11(7-15(14)18)10-22-13-3-5-20(6-4-13)16(21)12-8-19-9-12;/h1-2,7,12-13,19H,3-6,8-10H2;1H. The molecule has 3 rings (SSSR count). The first-order valence-corrected chi connectivity index (χ1v) is 8.44. The number of hydrogen-bond acceptors (Lipinski definition) is 3.